The number of ether oxygens (including phenoxy) is 1. The lowest BCUT2D eigenvalue weighted by Crippen LogP contribution is -2.38. The second-order valence-corrected chi connectivity index (χ2v) is 3.75. The summed E-state index contributed by atoms with van der Waals surface area (Å²) in [5.41, 5.74) is 0. The van der Waals surface area contributed by atoms with Crippen LogP contribution in [0.2, 0.25) is 0 Å². The van der Waals surface area contributed by atoms with Gasteiger partial charge in [0.05, 0.1) is 19.1 Å². The highest BCUT2D eigenvalue weighted by atomic mass is 16.5. The van der Waals surface area contributed by atoms with Gasteiger partial charge in [-0.25, -0.2) is 0 Å². The van der Waals surface area contributed by atoms with Gasteiger partial charge in [0, 0.05) is 12.0 Å². The molecule has 0 aromatic rings. The van der Waals surface area contributed by atoms with Crippen LogP contribution in [0.4, 0.5) is 0 Å². The molecule has 1 heterocycles. The molecule has 0 aliphatic carbocycles. The van der Waals surface area contributed by atoms with Crippen molar-refractivity contribution in [2.24, 2.45) is 11.8 Å². The Labute approximate surface area is 79.8 Å². The van der Waals surface area contributed by atoms with E-state index in [1.54, 1.807) is 0 Å². The Kier molecular flexibility index (Phi) is 3.88. The van der Waals surface area contributed by atoms with Crippen molar-refractivity contribution in [2.75, 3.05) is 20.3 Å². The molecule has 3 heteroatoms. The fourth-order valence-electron chi connectivity index (χ4n) is 1.69. The third-order valence-electron chi connectivity index (χ3n) is 2.91. The van der Waals surface area contributed by atoms with Crippen LogP contribution in [0, 0.1) is 11.8 Å². The molecule has 1 aliphatic heterocycles. The zero-order chi connectivity index (χ0) is 9.84. The van der Waals surface area contributed by atoms with Gasteiger partial charge in [0.25, 0.3) is 0 Å². The molecular formula is C10H19NO2. The van der Waals surface area contributed by atoms with E-state index in [1.165, 1.54) is 0 Å². The van der Waals surface area contributed by atoms with Crippen LogP contribution >= 0.6 is 0 Å². The van der Waals surface area contributed by atoms with Crippen LogP contribution in [0.3, 0.4) is 0 Å². The predicted octanol–water partition coefficient (Wildman–Crippen LogP) is 0.836. The Morgan fingerprint density at radius 3 is 2.85 bits per heavy atom. The molecule has 1 aliphatic rings. The first kappa shape index (κ1) is 10.7. The molecule has 3 atom stereocenters. The van der Waals surface area contributed by atoms with Crippen molar-refractivity contribution in [2.45, 2.75) is 26.3 Å². The average molecular weight is 185 g/mol. The number of carbonyl (C=O) groups is 1. The largest absolute Gasteiger partial charge is 0.379 e. The third kappa shape index (κ3) is 2.29. The van der Waals surface area contributed by atoms with Crippen molar-refractivity contribution in [3.05, 3.63) is 0 Å². The van der Waals surface area contributed by atoms with Gasteiger partial charge in [0.2, 0.25) is 0 Å². The van der Waals surface area contributed by atoms with Gasteiger partial charge in [-0.05, 0) is 13.5 Å². The summed E-state index contributed by atoms with van der Waals surface area (Å²) in [4.78, 5) is 11.8. The number of likely N-dealkylation sites (N-methyl/N-ethyl adjacent to an activating group) is 1. The lowest BCUT2D eigenvalue weighted by Gasteiger charge is -2.18. The number of carbonyl (C=O) groups excluding carboxylic acids is 1. The molecule has 3 unspecified atom stereocenters. The van der Waals surface area contributed by atoms with Gasteiger partial charge < -0.3 is 10.1 Å². The lowest BCUT2D eigenvalue weighted by atomic mass is 9.89. The van der Waals surface area contributed by atoms with Crippen LogP contribution < -0.4 is 5.32 Å². The quantitative estimate of drug-likeness (QED) is 0.705. The van der Waals surface area contributed by atoms with Gasteiger partial charge >= 0.3 is 0 Å². The molecule has 3 nitrogen and oxygen atoms in total. The molecule has 1 rings (SSSR count). The minimum atomic E-state index is 0.0694. The van der Waals surface area contributed by atoms with Crippen LogP contribution in [0.1, 0.15) is 20.3 Å². The SMILES string of the molecule is CCC(C)C(=O)C1COCC1NC. The fraction of sp³-hybridized carbons (Fsp3) is 0.900. The first-order valence-corrected chi connectivity index (χ1v) is 4.99. The molecule has 0 saturated carbocycles. The topological polar surface area (TPSA) is 38.3 Å². The van der Waals surface area contributed by atoms with Crippen molar-refractivity contribution in [1.29, 1.82) is 0 Å². The number of ketones is 1. The summed E-state index contributed by atoms with van der Waals surface area (Å²) in [6, 6.07) is 0.224. The molecule has 0 bridgehead atoms. The van der Waals surface area contributed by atoms with Crippen LogP contribution in [0.25, 0.3) is 0 Å². The summed E-state index contributed by atoms with van der Waals surface area (Å²) in [5, 5.41) is 3.13. The minimum absolute atomic E-state index is 0.0694. The second-order valence-electron chi connectivity index (χ2n) is 3.75. The number of rotatable bonds is 4. The molecule has 76 valence electrons. The van der Waals surface area contributed by atoms with E-state index in [1.807, 2.05) is 20.9 Å². The Morgan fingerprint density at radius 2 is 2.31 bits per heavy atom. The van der Waals surface area contributed by atoms with Gasteiger partial charge in [-0.3, -0.25) is 4.79 Å². The standard InChI is InChI=1S/C10H19NO2/c1-4-7(2)10(12)8-5-13-6-9(8)11-3/h7-9,11H,4-6H2,1-3H3. The molecule has 0 radical (unpaired) electrons. The maximum Gasteiger partial charge on any atom is 0.142 e. The van der Waals surface area contributed by atoms with E-state index in [-0.39, 0.29) is 17.9 Å². The zero-order valence-corrected chi connectivity index (χ0v) is 8.67. The Hall–Kier alpha value is -0.410. The predicted molar refractivity (Wildman–Crippen MR) is 51.6 cm³/mol. The van der Waals surface area contributed by atoms with E-state index >= 15 is 0 Å². The first-order valence-electron chi connectivity index (χ1n) is 4.99. The Morgan fingerprint density at radius 1 is 1.62 bits per heavy atom. The maximum absolute atomic E-state index is 11.8. The van der Waals surface area contributed by atoms with Crippen molar-refractivity contribution in [3.8, 4) is 0 Å². The molecule has 1 N–H and O–H groups in total. The third-order valence-corrected chi connectivity index (χ3v) is 2.91. The molecular weight excluding hydrogens is 166 g/mol. The number of hydrogen-bond donors (Lipinski definition) is 1. The smallest absolute Gasteiger partial charge is 0.142 e. The normalized spacial score (nSPS) is 30.4. The molecule has 0 aromatic heterocycles. The van der Waals surface area contributed by atoms with E-state index in [0.29, 0.717) is 19.0 Å². The van der Waals surface area contributed by atoms with E-state index in [4.69, 9.17) is 4.74 Å². The van der Waals surface area contributed by atoms with E-state index in [0.717, 1.165) is 6.42 Å². The molecule has 0 aromatic carbocycles. The second kappa shape index (κ2) is 4.72. The number of nitrogens with one attached hydrogen (secondary N) is 1. The summed E-state index contributed by atoms with van der Waals surface area (Å²) in [7, 11) is 1.89. The molecule has 0 spiro atoms. The van der Waals surface area contributed by atoms with Crippen molar-refractivity contribution >= 4 is 5.78 Å². The van der Waals surface area contributed by atoms with Gasteiger partial charge in [-0.1, -0.05) is 13.8 Å². The monoisotopic (exact) mass is 185 g/mol. The molecule has 0 amide bonds. The van der Waals surface area contributed by atoms with E-state index in [9.17, 15) is 4.79 Å². The summed E-state index contributed by atoms with van der Waals surface area (Å²) in [6.45, 7) is 5.30. The summed E-state index contributed by atoms with van der Waals surface area (Å²) in [5.74, 6) is 0.585. The molecule has 1 saturated heterocycles. The summed E-state index contributed by atoms with van der Waals surface area (Å²) < 4.78 is 5.29. The van der Waals surface area contributed by atoms with Gasteiger partial charge in [0.1, 0.15) is 5.78 Å². The van der Waals surface area contributed by atoms with Gasteiger partial charge in [-0.2, -0.15) is 0 Å². The van der Waals surface area contributed by atoms with Gasteiger partial charge in [-0.15, -0.1) is 0 Å². The minimum Gasteiger partial charge on any atom is -0.379 e. The highest BCUT2D eigenvalue weighted by molar-refractivity contribution is 5.84. The Balaban J connectivity index is 2.54. The summed E-state index contributed by atoms with van der Waals surface area (Å²) in [6.07, 6.45) is 0.922. The zero-order valence-electron chi connectivity index (χ0n) is 8.67. The van der Waals surface area contributed by atoms with Gasteiger partial charge in [0.15, 0.2) is 0 Å². The first-order chi connectivity index (χ1) is 6.20. The van der Waals surface area contributed by atoms with Crippen LogP contribution in [0.15, 0.2) is 0 Å². The highest BCUT2D eigenvalue weighted by Gasteiger charge is 2.34. The van der Waals surface area contributed by atoms with Crippen LogP contribution in [0.5, 0.6) is 0 Å². The Bertz CT molecular complexity index is 182. The van der Waals surface area contributed by atoms with Crippen molar-refractivity contribution in [1.82, 2.24) is 5.32 Å². The lowest BCUT2D eigenvalue weighted by molar-refractivity contribution is -0.126. The van der Waals surface area contributed by atoms with Crippen molar-refractivity contribution < 1.29 is 9.53 Å². The fourth-order valence-corrected chi connectivity index (χ4v) is 1.69. The van der Waals surface area contributed by atoms with E-state index in [2.05, 4.69) is 5.32 Å². The van der Waals surface area contributed by atoms with Crippen LogP contribution in [-0.2, 0) is 9.53 Å². The van der Waals surface area contributed by atoms with Crippen molar-refractivity contribution in [3.63, 3.8) is 0 Å². The molecule has 1 fully saturated rings. The van der Waals surface area contributed by atoms with Crippen LogP contribution in [-0.4, -0.2) is 32.1 Å². The highest BCUT2D eigenvalue weighted by Crippen LogP contribution is 2.19. The van der Waals surface area contributed by atoms with E-state index < -0.39 is 0 Å². The number of Topliss-reactive ketones (excluding diaryl/α,β-unsaturated/α-hetero) is 1. The average Bonchev–Trinajstić information content (AvgIpc) is 2.62. The number of hydrogen-bond acceptors (Lipinski definition) is 3. The maximum atomic E-state index is 11.8. The summed E-state index contributed by atoms with van der Waals surface area (Å²) >= 11 is 0. The molecule has 13 heavy (non-hydrogen) atoms.